The van der Waals surface area contributed by atoms with E-state index in [1.165, 1.54) is 5.69 Å². The number of nitrogens with zero attached hydrogens (tertiary/aromatic N) is 3. The van der Waals surface area contributed by atoms with Crippen molar-refractivity contribution in [2.75, 3.05) is 44.3 Å². The first-order valence-electron chi connectivity index (χ1n) is 9.86. The van der Waals surface area contributed by atoms with E-state index in [0.29, 0.717) is 28.8 Å². The molecule has 5 nitrogen and oxygen atoms in total. The number of nitrogens with two attached hydrogens (primary N) is 1. The van der Waals surface area contributed by atoms with Crippen molar-refractivity contribution in [3.8, 4) is 0 Å². The Morgan fingerprint density at radius 2 is 1.90 bits per heavy atom. The predicted octanol–water partition coefficient (Wildman–Crippen LogP) is 5.07. The van der Waals surface area contributed by atoms with E-state index in [2.05, 4.69) is 46.8 Å². The van der Waals surface area contributed by atoms with Crippen LogP contribution in [0.15, 0.2) is 52.9 Å². The fraction of sp³-hybridized carbons (Fsp3) is 0.318. The molecule has 1 aliphatic rings. The molecule has 1 heterocycles. The van der Waals surface area contributed by atoms with Crippen LogP contribution >= 0.6 is 35.8 Å². The third-order valence-electron chi connectivity index (χ3n) is 4.82. The molecule has 160 valence electrons. The van der Waals surface area contributed by atoms with Gasteiger partial charge < -0.3 is 20.3 Å². The van der Waals surface area contributed by atoms with E-state index in [-0.39, 0.29) is 0 Å². The molecule has 0 amide bonds. The Morgan fingerprint density at radius 1 is 1.17 bits per heavy atom. The third kappa shape index (κ3) is 6.15. The molecule has 2 N–H and O–H groups in total. The normalized spacial score (nSPS) is 15.1. The number of aliphatic imine (C=N–C) groups is 1. The third-order valence-corrected chi connectivity index (χ3v) is 5.60. The molecule has 0 unspecified atom stereocenters. The fourth-order valence-corrected chi connectivity index (χ4v) is 3.95. The highest BCUT2D eigenvalue weighted by Crippen LogP contribution is 2.29. The molecule has 0 atom stereocenters. The van der Waals surface area contributed by atoms with Crippen molar-refractivity contribution in [2.24, 2.45) is 10.7 Å². The maximum atomic E-state index is 6.26. The highest BCUT2D eigenvalue weighted by molar-refractivity contribution is 7.83. The molecule has 0 saturated carbocycles. The smallest absolute Gasteiger partial charge is 0.0957 e. The van der Waals surface area contributed by atoms with Gasteiger partial charge in [0, 0.05) is 30.3 Å². The largest absolute Gasteiger partial charge is 0.378 e. The summed E-state index contributed by atoms with van der Waals surface area (Å²) in [4.78, 5) is 8.92. The Morgan fingerprint density at radius 3 is 2.53 bits per heavy atom. The molecule has 0 radical (unpaired) electrons. The van der Waals surface area contributed by atoms with E-state index >= 15 is 0 Å². The number of anilines is 1. The van der Waals surface area contributed by atoms with E-state index < -0.39 is 0 Å². The molecule has 0 bridgehead atoms. The summed E-state index contributed by atoms with van der Waals surface area (Å²) in [6.07, 6.45) is 2.58. The van der Waals surface area contributed by atoms with Gasteiger partial charge in [-0.1, -0.05) is 35.3 Å². The Bertz CT molecular complexity index is 883. The summed E-state index contributed by atoms with van der Waals surface area (Å²) < 4.78 is 5.44. The lowest BCUT2D eigenvalue weighted by Gasteiger charge is -2.29. The lowest BCUT2D eigenvalue weighted by atomic mass is 10.1. The van der Waals surface area contributed by atoms with Gasteiger partial charge in [-0.15, -0.1) is 12.6 Å². The number of rotatable bonds is 8. The summed E-state index contributed by atoms with van der Waals surface area (Å²) >= 11 is 16.7. The molecule has 2 aromatic carbocycles. The second kappa shape index (κ2) is 11.6. The van der Waals surface area contributed by atoms with Crippen LogP contribution < -0.4 is 10.6 Å². The summed E-state index contributed by atoms with van der Waals surface area (Å²) in [6.45, 7) is 4.64. The lowest BCUT2D eigenvalue weighted by Crippen LogP contribution is -2.36. The minimum atomic E-state index is 0.504. The van der Waals surface area contributed by atoms with Crippen molar-refractivity contribution in [1.82, 2.24) is 4.90 Å². The average molecular weight is 465 g/mol. The number of benzene rings is 2. The zero-order chi connectivity index (χ0) is 21.3. The second-order valence-corrected chi connectivity index (χ2v) is 7.94. The van der Waals surface area contributed by atoms with Gasteiger partial charge in [-0.2, -0.15) is 0 Å². The van der Waals surface area contributed by atoms with Crippen LogP contribution in [0.5, 0.6) is 0 Å². The molecule has 30 heavy (non-hydrogen) atoms. The van der Waals surface area contributed by atoms with Gasteiger partial charge in [-0.05, 0) is 54.3 Å². The summed E-state index contributed by atoms with van der Waals surface area (Å²) in [7, 11) is 0. The van der Waals surface area contributed by atoms with Crippen molar-refractivity contribution < 1.29 is 4.74 Å². The average Bonchev–Trinajstić information content (AvgIpc) is 2.77. The van der Waals surface area contributed by atoms with Crippen LogP contribution in [0, 0.1) is 0 Å². The minimum absolute atomic E-state index is 0.504. The summed E-state index contributed by atoms with van der Waals surface area (Å²) in [5, 5.41) is 2.87. The van der Waals surface area contributed by atoms with Crippen LogP contribution in [-0.4, -0.2) is 50.6 Å². The van der Waals surface area contributed by atoms with E-state index in [9.17, 15) is 0 Å². The van der Waals surface area contributed by atoms with E-state index in [4.69, 9.17) is 33.7 Å². The summed E-state index contributed by atoms with van der Waals surface area (Å²) in [5.41, 5.74) is 9.58. The van der Waals surface area contributed by atoms with Gasteiger partial charge >= 0.3 is 0 Å². The number of morpholine rings is 1. The molecule has 1 aliphatic heterocycles. The van der Waals surface area contributed by atoms with Crippen LogP contribution in [0.1, 0.15) is 12.0 Å². The van der Waals surface area contributed by atoms with Crippen LogP contribution in [0.3, 0.4) is 0 Å². The summed E-state index contributed by atoms with van der Waals surface area (Å²) in [6, 6.07) is 13.7. The molecule has 0 spiro atoms. The molecule has 8 heteroatoms. The van der Waals surface area contributed by atoms with Crippen LogP contribution in [0.2, 0.25) is 10.0 Å². The van der Waals surface area contributed by atoms with Crippen molar-refractivity contribution >= 4 is 59.2 Å². The van der Waals surface area contributed by atoms with Crippen LogP contribution in [0.4, 0.5) is 11.4 Å². The molecular weight excluding hydrogens is 439 g/mol. The molecule has 0 aromatic heterocycles. The highest BCUT2D eigenvalue weighted by Gasteiger charge is 2.13. The first-order chi connectivity index (χ1) is 14.6. The first kappa shape index (κ1) is 23.0. The van der Waals surface area contributed by atoms with Crippen molar-refractivity contribution in [2.45, 2.75) is 6.42 Å². The van der Waals surface area contributed by atoms with Crippen molar-refractivity contribution in [1.29, 1.82) is 0 Å². The monoisotopic (exact) mass is 464 g/mol. The predicted molar refractivity (Wildman–Crippen MR) is 131 cm³/mol. The minimum Gasteiger partial charge on any atom is -0.378 e. The standard InChI is InChI=1S/C22H26Cl2N4OS/c23-18-4-7-21(20(24)14-18)26-16-28(9-1-8-25)22(15-30)17-2-5-19(6-3-17)27-10-12-29-13-11-27/h2-7,14-16,30H,1,8-13,25H2/b22-15-,26-16?. The van der Waals surface area contributed by atoms with Gasteiger partial charge in [-0.3, -0.25) is 0 Å². The van der Waals surface area contributed by atoms with E-state index in [0.717, 1.165) is 44.0 Å². The number of hydrogen-bond acceptors (Lipinski definition) is 5. The van der Waals surface area contributed by atoms with Crippen LogP contribution in [-0.2, 0) is 4.74 Å². The number of ether oxygens (including phenoxy) is 1. The maximum Gasteiger partial charge on any atom is 0.0957 e. The quantitative estimate of drug-likeness (QED) is 0.325. The Kier molecular flexibility index (Phi) is 8.90. The zero-order valence-electron chi connectivity index (χ0n) is 16.7. The number of thiol groups is 1. The van der Waals surface area contributed by atoms with Crippen molar-refractivity contribution in [3.63, 3.8) is 0 Å². The first-order valence-corrected chi connectivity index (χ1v) is 11.1. The van der Waals surface area contributed by atoms with Gasteiger partial charge in [-0.25, -0.2) is 4.99 Å². The Balaban J connectivity index is 1.81. The van der Waals surface area contributed by atoms with Gasteiger partial charge in [0.25, 0.3) is 0 Å². The Labute approximate surface area is 193 Å². The van der Waals surface area contributed by atoms with Crippen molar-refractivity contribution in [3.05, 3.63) is 63.5 Å². The lowest BCUT2D eigenvalue weighted by molar-refractivity contribution is 0.122. The van der Waals surface area contributed by atoms with Crippen LogP contribution in [0.25, 0.3) is 5.70 Å². The number of hydrogen-bond donors (Lipinski definition) is 2. The molecular formula is C22H26Cl2N4OS. The van der Waals surface area contributed by atoms with Gasteiger partial charge in [0.2, 0.25) is 0 Å². The maximum absolute atomic E-state index is 6.26. The Hall–Kier alpha value is -1.70. The van der Waals surface area contributed by atoms with Gasteiger partial charge in [0.15, 0.2) is 0 Å². The topological polar surface area (TPSA) is 54.1 Å². The number of halogens is 2. The summed E-state index contributed by atoms with van der Waals surface area (Å²) in [5.74, 6) is 0. The molecule has 3 rings (SSSR count). The van der Waals surface area contributed by atoms with Gasteiger partial charge in [0.05, 0.1) is 36.0 Å². The second-order valence-electron chi connectivity index (χ2n) is 6.84. The zero-order valence-corrected chi connectivity index (χ0v) is 19.1. The van der Waals surface area contributed by atoms with E-state index in [1.807, 2.05) is 4.90 Å². The molecule has 2 aromatic rings. The molecule has 1 fully saturated rings. The SMILES string of the molecule is NCCCN(C=Nc1ccc(Cl)cc1Cl)/C(=C\S)c1ccc(N2CCOCC2)cc1. The van der Waals surface area contributed by atoms with Gasteiger partial charge in [0.1, 0.15) is 0 Å². The van der Waals surface area contributed by atoms with E-state index in [1.54, 1.807) is 29.9 Å². The highest BCUT2D eigenvalue weighted by atomic mass is 35.5. The fourth-order valence-electron chi connectivity index (χ4n) is 3.20. The molecule has 1 saturated heterocycles. The molecule has 0 aliphatic carbocycles.